The van der Waals surface area contributed by atoms with Crippen LogP contribution >= 0.6 is 0 Å². The average Bonchev–Trinajstić information content (AvgIpc) is 3.23. The minimum absolute atomic E-state index is 0.127. The second kappa shape index (κ2) is 22.1. The number of carbonyl (C=O) groups excluding carboxylic acids is 2. The van der Waals surface area contributed by atoms with E-state index in [1.165, 1.54) is 50.8 Å². The van der Waals surface area contributed by atoms with Gasteiger partial charge in [0.15, 0.2) is 0 Å². The van der Waals surface area contributed by atoms with Gasteiger partial charge in [0.1, 0.15) is 5.75 Å². The largest absolute Gasteiger partial charge is 0.508 e. The number of rotatable bonds is 15. The van der Waals surface area contributed by atoms with Crippen LogP contribution in [-0.2, 0) is 29.0 Å². The van der Waals surface area contributed by atoms with E-state index in [0.717, 1.165) is 78.4 Å². The van der Waals surface area contributed by atoms with Crippen molar-refractivity contribution in [3.05, 3.63) is 125 Å². The van der Waals surface area contributed by atoms with Gasteiger partial charge in [0.2, 0.25) is 5.91 Å². The number of benzene rings is 4. The number of carbonyl (C=O) groups is 3. The fourth-order valence-corrected chi connectivity index (χ4v) is 7.84. The van der Waals surface area contributed by atoms with Crippen molar-refractivity contribution in [2.45, 2.75) is 83.4 Å². The predicted octanol–water partition coefficient (Wildman–Crippen LogP) is 9.31. The summed E-state index contributed by atoms with van der Waals surface area (Å²) in [6.45, 7) is 5.15. The molecule has 2 aliphatic rings. The van der Waals surface area contributed by atoms with E-state index < -0.39 is 12.1 Å². The Kier molecular flexibility index (Phi) is 16.8. The number of piperidine rings is 2. The normalized spacial score (nSPS) is 15.0. The Balaban J connectivity index is 0.000000839. The molecule has 6 rings (SSSR count). The number of alkyl halides is 3. The molecule has 2 fully saturated rings. The molecule has 310 valence electrons. The maximum atomic E-state index is 13.6. The number of carboxylic acids is 1. The second-order valence-corrected chi connectivity index (χ2v) is 15.5. The Morgan fingerprint density at radius 3 is 1.95 bits per heavy atom. The molecule has 2 aliphatic heterocycles. The van der Waals surface area contributed by atoms with Gasteiger partial charge in [-0.25, -0.2) is 4.79 Å². The molecule has 0 aromatic heterocycles. The first-order chi connectivity index (χ1) is 27.9. The van der Waals surface area contributed by atoms with Gasteiger partial charge in [-0.3, -0.25) is 9.59 Å². The lowest BCUT2D eigenvalue weighted by Gasteiger charge is -2.32. The van der Waals surface area contributed by atoms with Crippen LogP contribution in [0, 0.1) is 11.8 Å². The first-order valence-electron chi connectivity index (χ1n) is 20.5. The van der Waals surface area contributed by atoms with E-state index in [1.54, 1.807) is 12.1 Å². The van der Waals surface area contributed by atoms with Crippen LogP contribution in [0.3, 0.4) is 0 Å². The number of halogens is 3. The van der Waals surface area contributed by atoms with Crippen molar-refractivity contribution in [2.24, 2.45) is 11.8 Å². The van der Waals surface area contributed by atoms with Crippen molar-refractivity contribution < 1.29 is 37.8 Å². The smallest absolute Gasteiger partial charge is 0.490 e. The SMILES string of the molecule is O=C(CCCc1ccccc1)N(CCc1ccc(O)cc1)Cc1cccc(-c2cccc(C(=O)N3CCC(CCCC4CCNCC4)CC3)c2)c1.O=C(O)C(F)(F)F. The number of aromatic hydroxyl groups is 1. The monoisotopic (exact) mass is 799 g/mol. The Morgan fingerprint density at radius 2 is 1.29 bits per heavy atom. The van der Waals surface area contributed by atoms with Crippen molar-refractivity contribution in [3.63, 3.8) is 0 Å². The minimum atomic E-state index is -5.08. The van der Waals surface area contributed by atoms with Crippen molar-refractivity contribution in [2.75, 3.05) is 32.7 Å². The van der Waals surface area contributed by atoms with Crippen LogP contribution in [0.1, 0.15) is 84.8 Å². The number of hydrogen-bond donors (Lipinski definition) is 3. The van der Waals surface area contributed by atoms with E-state index in [4.69, 9.17) is 9.90 Å². The summed E-state index contributed by atoms with van der Waals surface area (Å²) in [7, 11) is 0. The van der Waals surface area contributed by atoms with Crippen molar-refractivity contribution in [3.8, 4) is 16.9 Å². The van der Waals surface area contributed by atoms with E-state index >= 15 is 0 Å². The summed E-state index contributed by atoms with van der Waals surface area (Å²) in [6, 6.07) is 34.0. The lowest BCUT2D eigenvalue weighted by Crippen LogP contribution is -2.38. The number of phenolic OH excluding ortho intramolecular Hbond substituents is 1. The van der Waals surface area contributed by atoms with Gasteiger partial charge < -0.3 is 25.3 Å². The molecular weight excluding hydrogens is 744 g/mol. The summed E-state index contributed by atoms with van der Waals surface area (Å²) in [6.07, 6.45) is 6.63. The molecule has 2 heterocycles. The molecule has 4 aromatic carbocycles. The van der Waals surface area contributed by atoms with Crippen LogP contribution in [0.25, 0.3) is 11.1 Å². The van der Waals surface area contributed by atoms with Gasteiger partial charge in [-0.05, 0) is 128 Å². The van der Waals surface area contributed by atoms with Crippen molar-refractivity contribution in [1.29, 1.82) is 0 Å². The minimum Gasteiger partial charge on any atom is -0.508 e. The maximum Gasteiger partial charge on any atom is 0.490 e. The van der Waals surface area contributed by atoms with Gasteiger partial charge in [0.05, 0.1) is 0 Å². The number of aryl methyl sites for hydroxylation is 1. The zero-order valence-corrected chi connectivity index (χ0v) is 33.1. The van der Waals surface area contributed by atoms with E-state index in [2.05, 4.69) is 41.7 Å². The van der Waals surface area contributed by atoms with Gasteiger partial charge in [-0.15, -0.1) is 0 Å². The molecular formula is C47H56F3N3O5. The molecule has 2 saturated heterocycles. The van der Waals surface area contributed by atoms with Crippen LogP contribution < -0.4 is 5.32 Å². The number of carboxylic acid groups (broad SMARTS) is 1. The van der Waals surface area contributed by atoms with Gasteiger partial charge in [-0.1, -0.05) is 92.1 Å². The summed E-state index contributed by atoms with van der Waals surface area (Å²) >= 11 is 0. The zero-order valence-electron chi connectivity index (χ0n) is 33.1. The number of amides is 2. The summed E-state index contributed by atoms with van der Waals surface area (Å²) < 4.78 is 31.7. The molecule has 58 heavy (non-hydrogen) atoms. The van der Waals surface area contributed by atoms with Crippen LogP contribution in [0.5, 0.6) is 5.75 Å². The second-order valence-electron chi connectivity index (χ2n) is 15.5. The third-order valence-electron chi connectivity index (χ3n) is 11.2. The van der Waals surface area contributed by atoms with Crippen molar-refractivity contribution >= 4 is 17.8 Å². The molecule has 0 radical (unpaired) electrons. The zero-order chi connectivity index (χ0) is 41.3. The first-order valence-corrected chi connectivity index (χ1v) is 20.5. The summed E-state index contributed by atoms with van der Waals surface area (Å²) in [5.74, 6) is -0.605. The molecule has 11 heteroatoms. The first kappa shape index (κ1) is 44.0. The van der Waals surface area contributed by atoms with Gasteiger partial charge in [-0.2, -0.15) is 13.2 Å². The number of nitrogens with one attached hydrogen (secondary N) is 1. The molecule has 4 aromatic rings. The summed E-state index contributed by atoms with van der Waals surface area (Å²) in [5, 5.41) is 20.3. The van der Waals surface area contributed by atoms with Crippen LogP contribution in [-0.4, -0.2) is 76.7 Å². The summed E-state index contributed by atoms with van der Waals surface area (Å²) in [5.41, 5.74) is 6.20. The quantitative estimate of drug-likeness (QED) is 0.111. The highest BCUT2D eigenvalue weighted by Gasteiger charge is 2.38. The Labute approximate surface area is 340 Å². The number of nitrogens with zero attached hydrogens (tertiary/aromatic N) is 2. The Bertz CT molecular complexity index is 1890. The molecule has 0 atom stereocenters. The third kappa shape index (κ3) is 14.3. The van der Waals surface area contributed by atoms with Crippen LogP contribution in [0.15, 0.2) is 103 Å². The lowest BCUT2D eigenvalue weighted by atomic mass is 9.87. The highest BCUT2D eigenvalue weighted by molar-refractivity contribution is 5.95. The van der Waals surface area contributed by atoms with Gasteiger partial charge in [0.25, 0.3) is 5.91 Å². The van der Waals surface area contributed by atoms with Crippen LogP contribution in [0.4, 0.5) is 13.2 Å². The Morgan fingerprint density at radius 1 is 0.707 bits per heavy atom. The average molecular weight is 800 g/mol. The molecule has 0 unspecified atom stereocenters. The van der Waals surface area contributed by atoms with E-state index in [1.807, 2.05) is 64.4 Å². The highest BCUT2D eigenvalue weighted by atomic mass is 19.4. The number of hydrogen-bond acceptors (Lipinski definition) is 5. The fraction of sp³-hybridized carbons (Fsp3) is 0.426. The maximum absolute atomic E-state index is 13.6. The van der Waals surface area contributed by atoms with E-state index in [9.17, 15) is 27.9 Å². The topological polar surface area (TPSA) is 110 Å². The van der Waals surface area contributed by atoms with E-state index in [0.29, 0.717) is 25.9 Å². The van der Waals surface area contributed by atoms with Crippen LogP contribution in [0.2, 0.25) is 0 Å². The lowest BCUT2D eigenvalue weighted by molar-refractivity contribution is -0.192. The van der Waals surface area contributed by atoms with Crippen molar-refractivity contribution in [1.82, 2.24) is 15.1 Å². The molecule has 8 nitrogen and oxygen atoms in total. The number of phenols is 1. The molecule has 0 saturated carbocycles. The Hall–Kier alpha value is -5.16. The molecule has 3 N–H and O–H groups in total. The molecule has 0 bridgehead atoms. The predicted molar refractivity (Wildman–Crippen MR) is 220 cm³/mol. The number of likely N-dealkylation sites (tertiary alicyclic amines) is 1. The molecule has 0 aliphatic carbocycles. The highest BCUT2D eigenvalue weighted by Crippen LogP contribution is 2.28. The standard InChI is InChI=1S/C45H55N3O3.C2HF3O2/c49-43-20-18-38(19-21-43)26-31-48(44(50)17-6-12-35-8-2-1-3-9-35)34-39-13-5-14-40(32-39)41-15-7-16-42(33-41)45(51)47-29-24-37(25-30-47)11-4-10-36-22-27-46-28-23-36;3-2(4,5)1(6)7/h1-3,5,7-9,13-16,18-21,32-33,36-37,46,49H,4,6,10-12,17,22-31,34H2;(H,6,7). The van der Waals surface area contributed by atoms with Gasteiger partial charge >= 0.3 is 12.1 Å². The molecule has 0 spiro atoms. The van der Waals surface area contributed by atoms with E-state index in [-0.39, 0.29) is 17.6 Å². The molecule has 2 amide bonds. The summed E-state index contributed by atoms with van der Waals surface area (Å²) in [4.78, 5) is 40.2. The number of aliphatic carboxylic acids is 1. The fourth-order valence-electron chi connectivity index (χ4n) is 7.84. The van der Waals surface area contributed by atoms with Gasteiger partial charge in [0, 0.05) is 38.2 Å². The third-order valence-corrected chi connectivity index (χ3v) is 11.2.